The van der Waals surface area contributed by atoms with E-state index < -0.39 is 0 Å². The first kappa shape index (κ1) is 20.4. The molecule has 0 heterocycles. The van der Waals surface area contributed by atoms with Crippen molar-refractivity contribution in [1.29, 1.82) is 0 Å². The summed E-state index contributed by atoms with van der Waals surface area (Å²) in [5.74, 6) is -0.253. The average Bonchev–Trinajstić information content (AvgIpc) is 2.48. The van der Waals surface area contributed by atoms with E-state index in [1.54, 1.807) is 0 Å². The van der Waals surface area contributed by atoms with Crippen molar-refractivity contribution in [3.05, 3.63) is 0 Å². The van der Waals surface area contributed by atoms with E-state index in [9.17, 15) is 4.79 Å². The quantitative estimate of drug-likeness (QED) is 0.288. The van der Waals surface area contributed by atoms with Crippen LogP contribution in [0.4, 0.5) is 0 Å². The van der Waals surface area contributed by atoms with Gasteiger partial charge in [-0.05, 0) is 13.3 Å². The molecule has 0 spiro atoms. The van der Waals surface area contributed by atoms with E-state index in [1.807, 2.05) is 6.92 Å². The van der Waals surface area contributed by atoms with Gasteiger partial charge in [-0.3, -0.25) is 0 Å². The molecule has 0 rings (SSSR count). The van der Waals surface area contributed by atoms with Crippen molar-refractivity contribution in [2.75, 3.05) is 19.8 Å². The van der Waals surface area contributed by atoms with Gasteiger partial charge in [0.15, 0.2) is 0 Å². The van der Waals surface area contributed by atoms with Gasteiger partial charge in [0.1, 0.15) is 6.61 Å². The van der Waals surface area contributed by atoms with Crippen molar-refractivity contribution < 1.29 is 14.3 Å². The number of rotatable bonds is 16. The van der Waals surface area contributed by atoms with Crippen LogP contribution in [0.2, 0.25) is 0 Å². The molecule has 0 radical (unpaired) electrons. The largest absolute Gasteiger partial charge is 0.464 e. The summed E-state index contributed by atoms with van der Waals surface area (Å²) < 4.78 is 10.1. The van der Waals surface area contributed by atoms with Crippen LogP contribution in [0, 0.1) is 0 Å². The molecule has 3 nitrogen and oxygen atoms in total. The van der Waals surface area contributed by atoms with Gasteiger partial charge in [-0.25, -0.2) is 4.79 Å². The Labute approximate surface area is 131 Å². The van der Waals surface area contributed by atoms with Crippen LogP contribution in [-0.4, -0.2) is 25.8 Å². The van der Waals surface area contributed by atoms with E-state index in [0.717, 1.165) is 6.42 Å². The Kier molecular flexibility index (Phi) is 17.0. The average molecular weight is 300 g/mol. The number of esters is 1. The molecule has 0 fully saturated rings. The Morgan fingerprint density at radius 2 is 1.19 bits per heavy atom. The van der Waals surface area contributed by atoms with Crippen LogP contribution in [0.1, 0.15) is 90.9 Å². The molecule has 0 unspecified atom stereocenters. The van der Waals surface area contributed by atoms with Gasteiger partial charge in [0, 0.05) is 6.61 Å². The molecule has 126 valence electrons. The maximum absolute atomic E-state index is 11.0. The second-order valence-corrected chi connectivity index (χ2v) is 5.75. The summed E-state index contributed by atoms with van der Waals surface area (Å²) in [6.45, 7) is 5.29. The van der Waals surface area contributed by atoms with Gasteiger partial charge in [-0.15, -0.1) is 0 Å². The summed E-state index contributed by atoms with van der Waals surface area (Å²) in [6.07, 6.45) is 16.1. The van der Waals surface area contributed by atoms with Gasteiger partial charge >= 0.3 is 5.97 Å². The molecule has 0 saturated heterocycles. The first-order chi connectivity index (χ1) is 10.3. The second-order valence-electron chi connectivity index (χ2n) is 5.75. The predicted molar refractivity (Wildman–Crippen MR) is 88.5 cm³/mol. The van der Waals surface area contributed by atoms with E-state index in [1.165, 1.54) is 70.6 Å². The summed E-state index contributed by atoms with van der Waals surface area (Å²) in [5.41, 5.74) is 0. The molecule has 0 aromatic heterocycles. The minimum Gasteiger partial charge on any atom is -0.464 e. The normalized spacial score (nSPS) is 10.8. The molecule has 0 aromatic rings. The first-order valence-corrected chi connectivity index (χ1v) is 9.04. The molecular weight excluding hydrogens is 264 g/mol. The molecule has 0 bridgehead atoms. The van der Waals surface area contributed by atoms with Crippen molar-refractivity contribution in [3.63, 3.8) is 0 Å². The van der Waals surface area contributed by atoms with Crippen LogP contribution in [-0.2, 0) is 14.3 Å². The summed E-state index contributed by atoms with van der Waals surface area (Å²) in [7, 11) is 0. The molecule has 0 aliphatic rings. The zero-order valence-corrected chi connectivity index (χ0v) is 14.3. The monoisotopic (exact) mass is 300 g/mol. The summed E-state index contributed by atoms with van der Waals surface area (Å²) in [6, 6.07) is 0. The maximum atomic E-state index is 11.0. The van der Waals surface area contributed by atoms with Gasteiger partial charge in [-0.1, -0.05) is 77.6 Å². The van der Waals surface area contributed by atoms with E-state index in [0.29, 0.717) is 13.2 Å². The van der Waals surface area contributed by atoms with E-state index in [-0.39, 0.29) is 12.6 Å². The highest BCUT2D eigenvalue weighted by Gasteiger charge is 2.00. The van der Waals surface area contributed by atoms with Crippen LogP contribution in [0.5, 0.6) is 0 Å². The van der Waals surface area contributed by atoms with E-state index in [2.05, 4.69) is 6.92 Å². The number of unbranched alkanes of at least 4 members (excludes halogenated alkanes) is 11. The van der Waals surface area contributed by atoms with Gasteiger partial charge in [0.2, 0.25) is 0 Å². The zero-order valence-electron chi connectivity index (χ0n) is 14.3. The second kappa shape index (κ2) is 17.5. The van der Waals surface area contributed by atoms with Crippen molar-refractivity contribution in [2.24, 2.45) is 0 Å². The number of carbonyl (C=O) groups excluding carboxylic acids is 1. The third-order valence-electron chi connectivity index (χ3n) is 3.67. The molecule has 0 aromatic carbocycles. The topological polar surface area (TPSA) is 35.5 Å². The lowest BCUT2D eigenvalue weighted by molar-refractivity contribution is -0.148. The van der Waals surface area contributed by atoms with Crippen molar-refractivity contribution in [2.45, 2.75) is 90.9 Å². The first-order valence-electron chi connectivity index (χ1n) is 9.04. The summed E-state index contributed by atoms with van der Waals surface area (Å²) in [4.78, 5) is 11.0. The molecule has 0 saturated carbocycles. The van der Waals surface area contributed by atoms with Gasteiger partial charge in [-0.2, -0.15) is 0 Å². The highest BCUT2D eigenvalue weighted by Crippen LogP contribution is 2.11. The molecule has 0 aliphatic carbocycles. The lowest BCUT2D eigenvalue weighted by Gasteiger charge is -2.04. The summed E-state index contributed by atoms with van der Waals surface area (Å²) >= 11 is 0. The van der Waals surface area contributed by atoms with Crippen molar-refractivity contribution in [3.8, 4) is 0 Å². The van der Waals surface area contributed by atoms with Crippen molar-refractivity contribution >= 4 is 5.97 Å². The van der Waals surface area contributed by atoms with Gasteiger partial charge in [0.05, 0.1) is 6.61 Å². The Balaban J connectivity index is 3.01. The predicted octanol–water partition coefficient (Wildman–Crippen LogP) is 5.27. The van der Waals surface area contributed by atoms with Gasteiger partial charge < -0.3 is 9.47 Å². The van der Waals surface area contributed by atoms with E-state index >= 15 is 0 Å². The lowest BCUT2D eigenvalue weighted by atomic mass is 10.1. The number of hydrogen-bond donors (Lipinski definition) is 0. The third kappa shape index (κ3) is 17.4. The Morgan fingerprint density at radius 1 is 0.714 bits per heavy atom. The standard InChI is InChI=1S/C18H36O3/c1-3-5-6-7-8-9-10-11-12-13-14-15-16-20-17-18(19)21-4-2/h3-17H2,1-2H3. The lowest BCUT2D eigenvalue weighted by Crippen LogP contribution is -2.12. The van der Waals surface area contributed by atoms with E-state index in [4.69, 9.17) is 9.47 Å². The number of carbonyl (C=O) groups is 1. The fraction of sp³-hybridized carbons (Fsp3) is 0.944. The fourth-order valence-corrected chi connectivity index (χ4v) is 2.40. The maximum Gasteiger partial charge on any atom is 0.332 e. The van der Waals surface area contributed by atoms with Crippen LogP contribution >= 0.6 is 0 Å². The zero-order chi connectivity index (χ0) is 15.6. The van der Waals surface area contributed by atoms with Crippen LogP contribution < -0.4 is 0 Å². The number of hydrogen-bond acceptors (Lipinski definition) is 3. The Bertz CT molecular complexity index is 217. The molecule has 3 heteroatoms. The Hall–Kier alpha value is -0.570. The molecule has 0 amide bonds. The molecule has 0 atom stereocenters. The molecular formula is C18H36O3. The minimum absolute atomic E-state index is 0.103. The molecule has 0 aliphatic heterocycles. The smallest absolute Gasteiger partial charge is 0.332 e. The Morgan fingerprint density at radius 3 is 1.67 bits per heavy atom. The van der Waals surface area contributed by atoms with Gasteiger partial charge in [0.25, 0.3) is 0 Å². The highest BCUT2D eigenvalue weighted by molar-refractivity contribution is 5.70. The third-order valence-corrected chi connectivity index (χ3v) is 3.67. The molecule has 0 N–H and O–H groups in total. The number of ether oxygens (including phenoxy) is 2. The van der Waals surface area contributed by atoms with Crippen LogP contribution in [0.25, 0.3) is 0 Å². The fourth-order valence-electron chi connectivity index (χ4n) is 2.40. The minimum atomic E-state index is -0.253. The van der Waals surface area contributed by atoms with Crippen molar-refractivity contribution in [1.82, 2.24) is 0 Å². The SMILES string of the molecule is CCCCCCCCCCCCCCOCC(=O)OCC. The van der Waals surface area contributed by atoms with Crippen LogP contribution in [0.3, 0.4) is 0 Å². The van der Waals surface area contributed by atoms with Crippen LogP contribution in [0.15, 0.2) is 0 Å². The summed E-state index contributed by atoms with van der Waals surface area (Å²) in [5, 5.41) is 0. The molecule has 21 heavy (non-hydrogen) atoms. The highest BCUT2D eigenvalue weighted by atomic mass is 16.6.